The SMILES string of the molecule is CCCC1CCCN(C(=O)C2(C(N)=S)CCCC2)CC1. The van der Waals surface area contributed by atoms with Crippen molar-refractivity contribution in [2.45, 2.75) is 64.7 Å². The number of rotatable bonds is 4. The highest BCUT2D eigenvalue weighted by atomic mass is 32.1. The number of hydrogen-bond donors (Lipinski definition) is 1. The minimum atomic E-state index is -0.514. The summed E-state index contributed by atoms with van der Waals surface area (Å²) in [4.78, 5) is 15.4. The molecule has 1 aliphatic carbocycles. The molecule has 1 aliphatic heterocycles. The maximum absolute atomic E-state index is 12.9. The van der Waals surface area contributed by atoms with Crippen LogP contribution in [0.2, 0.25) is 0 Å². The number of carbonyl (C=O) groups excluding carboxylic acids is 1. The van der Waals surface area contributed by atoms with Gasteiger partial charge in [0.15, 0.2) is 0 Å². The van der Waals surface area contributed by atoms with Gasteiger partial charge < -0.3 is 10.6 Å². The van der Waals surface area contributed by atoms with Crippen LogP contribution in [-0.4, -0.2) is 28.9 Å². The van der Waals surface area contributed by atoms with Crippen LogP contribution in [0.1, 0.15) is 64.7 Å². The first-order chi connectivity index (χ1) is 9.60. The number of carbonyl (C=O) groups is 1. The Morgan fingerprint density at radius 1 is 1.25 bits per heavy atom. The Balaban J connectivity index is 2.03. The van der Waals surface area contributed by atoms with Gasteiger partial charge >= 0.3 is 0 Å². The van der Waals surface area contributed by atoms with Gasteiger partial charge in [0.2, 0.25) is 5.91 Å². The highest BCUT2D eigenvalue weighted by Crippen LogP contribution is 2.40. The molecule has 0 spiro atoms. The van der Waals surface area contributed by atoms with Crippen LogP contribution >= 0.6 is 12.2 Å². The molecular weight excluding hydrogens is 268 g/mol. The van der Waals surface area contributed by atoms with Gasteiger partial charge in [0.1, 0.15) is 0 Å². The lowest BCUT2D eigenvalue weighted by Crippen LogP contribution is -2.49. The molecule has 1 unspecified atom stereocenters. The number of likely N-dealkylation sites (tertiary alicyclic amines) is 1. The summed E-state index contributed by atoms with van der Waals surface area (Å²) in [5.41, 5.74) is 5.42. The van der Waals surface area contributed by atoms with Crippen LogP contribution in [-0.2, 0) is 4.79 Å². The highest BCUT2D eigenvalue weighted by molar-refractivity contribution is 7.80. The average molecular weight is 296 g/mol. The van der Waals surface area contributed by atoms with E-state index < -0.39 is 5.41 Å². The molecule has 0 radical (unpaired) electrons. The van der Waals surface area contributed by atoms with Crippen LogP contribution in [0.15, 0.2) is 0 Å². The predicted molar refractivity (Wildman–Crippen MR) is 86.5 cm³/mol. The Hall–Kier alpha value is -0.640. The summed E-state index contributed by atoms with van der Waals surface area (Å²) >= 11 is 5.24. The van der Waals surface area contributed by atoms with E-state index in [1.165, 1.54) is 19.3 Å². The summed E-state index contributed by atoms with van der Waals surface area (Å²) in [6.07, 6.45) is 9.95. The van der Waals surface area contributed by atoms with Crippen molar-refractivity contribution in [1.82, 2.24) is 4.90 Å². The fraction of sp³-hybridized carbons (Fsp3) is 0.875. The van der Waals surface area contributed by atoms with Crippen molar-refractivity contribution in [3.8, 4) is 0 Å². The fourth-order valence-electron chi connectivity index (χ4n) is 3.91. The zero-order valence-electron chi connectivity index (χ0n) is 12.7. The lowest BCUT2D eigenvalue weighted by molar-refractivity contribution is -0.138. The summed E-state index contributed by atoms with van der Waals surface area (Å²) in [7, 11) is 0. The molecule has 1 saturated heterocycles. The number of nitrogens with zero attached hydrogens (tertiary/aromatic N) is 1. The van der Waals surface area contributed by atoms with Crippen molar-refractivity contribution < 1.29 is 4.79 Å². The van der Waals surface area contributed by atoms with Crippen LogP contribution in [0.5, 0.6) is 0 Å². The van der Waals surface area contributed by atoms with Gasteiger partial charge in [-0.05, 0) is 38.0 Å². The lowest BCUT2D eigenvalue weighted by Gasteiger charge is -2.33. The molecule has 0 aromatic heterocycles. The van der Waals surface area contributed by atoms with Crippen molar-refractivity contribution in [2.24, 2.45) is 17.1 Å². The van der Waals surface area contributed by atoms with E-state index in [9.17, 15) is 4.79 Å². The zero-order valence-corrected chi connectivity index (χ0v) is 13.5. The van der Waals surface area contributed by atoms with E-state index in [1.54, 1.807) is 0 Å². The number of amides is 1. The molecule has 0 aromatic carbocycles. The second-order valence-electron chi connectivity index (χ2n) is 6.53. The Labute approximate surface area is 128 Å². The van der Waals surface area contributed by atoms with Gasteiger partial charge in [-0.3, -0.25) is 4.79 Å². The van der Waals surface area contributed by atoms with Gasteiger partial charge in [0, 0.05) is 13.1 Å². The van der Waals surface area contributed by atoms with Gasteiger partial charge in [0.25, 0.3) is 0 Å². The fourth-order valence-corrected chi connectivity index (χ4v) is 4.20. The van der Waals surface area contributed by atoms with E-state index in [1.807, 2.05) is 0 Å². The minimum Gasteiger partial charge on any atom is -0.392 e. The first-order valence-electron chi connectivity index (χ1n) is 8.19. The van der Waals surface area contributed by atoms with Crippen molar-refractivity contribution in [3.63, 3.8) is 0 Å². The molecule has 2 N–H and O–H groups in total. The Bertz CT molecular complexity index is 363. The summed E-state index contributed by atoms with van der Waals surface area (Å²) in [6.45, 7) is 4.03. The van der Waals surface area contributed by atoms with Crippen LogP contribution in [0.4, 0.5) is 0 Å². The molecule has 1 saturated carbocycles. The molecule has 20 heavy (non-hydrogen) atoms. The van der Waals surface area contributed by atoms with Crippen LogP contribution in [0.3, 0.4) is 0 Å². The van der Waals surface area contributed by atoms with Gasteiger partial charge in [-0.2, -0.15) is 0 Å². The number of hydrogen-bond acceptors (Lipinski definition) is 2. The smallest absolute Gasteiger partial charge is 0.235 e. The lowest BCUT2D eigenvalue weighted by atomic mass is 9.84. The van der Waals surface area contributed by atoms with E-state index in [4.69, 9.17) is 18.0 Å². The summed E-state index contributed by atoms with van der Waals surface area (Å²) in [6, 6.07) is 0. The molecule has 1 atom stereocenters. The third kappa shape index (κ3) is 3.16. The Kier molecular flexibility index (Phi) is 5.42. The number of thiocarbonyl (C=S) groups is 1. The van der Waals surface area contributed by atoms with E-state index in [0.717, 1.165) is 57.5 Å². The molecule has 1 amide bonds. The monoisotopic (exact) mass is 296 g/mol. The molecule has 114 valence electrons. The van der Waals surface area contributed by atoms with Gasteiger partial charge in [-0.25, -0.2) is 0 Å². The summed E-state index contributed by atoms with van der Waals surface area (Å²) in [5, 5.41) is 0. The zero-order chi connectivity index (χ0) is 14.6. The van der Waals surface area contributed by atoms with Crippen LogP contribution in [0, 0.1) is 11.3 Å². The molecule has 0 aromatic rings. The van der Waals surface area contributed by atoms with Crippen molar-refractivity contribution in [3.05, 3.63) is 0 Å². The summed E-state index contributed by atoms with van der Waals surface area (Å²) in [5.74, 6) is 1.02. The first kappa shape index (κ1) is 15.7. The summed E-state index contributed by atoms with van der Waals surface area (Å²) < 4.78 is 0. The Morgan fingerprint density at radius 2 is 1.95 bits per heavy atom. The Morgan fingerprint density at radius 3 is 2.55 bits per heavy atom. The molecule has 2 fully saturated rings. The molecule has 2 rings (SSSR count). The maximum atomic E-state index is 12.9. The maximum Gasteiger partial charge on any atom is 0.235 e. The van der Waals surface area contributed by atoms with Crippen LogP contribution in [0.25, 0.3) is 0 Å². The molecular formula is C16H28N2OS. The van der Waals surface area contributed by atoms with Crippen molar-refractivity contribution in [1.29, 1.82) is 0 Å². The van der Waals surface area contributed by atoms with E-state index in [-0.39, 0.29) is 5.91 Å². The van der Waals surface area contributed by atoms with Crippen molar-refractivity contribution >= 4 is 23.1 Å². The van der Waals surface area contributed by atoms with Gasteiger partial charge in [-0.15, -0.1) is 0 Å². The molecule has 2 aliphatic rings. The molecule has 1 heterocycles. The highest BCUT2D eigenvalue weighted by Gasteiger charge is 2.46. The standard InChI is InChI=1S/C16H28N2OS/c1-2-6-13-7-5-11-18(12-8-13)15(19)16(14(17)20)9-3-4-10-16/h13H,2-12H2,1H3,(H2,17,20). The third-order valence-corrected chi connectivity index (χ3v) is 5.56. The predicted octanol–water partition coefficient (Wildman–Crippen LogP) is 3.26. The van der Waals surface area contributed by atoms with Gasteiger partial charge in [0.05, 0.1) is 10.4 Å². The minimum absolute atomic E-state index is 0.222. The topological polar surface area (TPSA) is 46.3 Å². The molecule has 3 nitrogen and oxygen atoms in total. The molecule has 4 heteroatoms. The second-order valence-corrected chi connectivity index (χ2v) is 6.97. The first-order valence-corrected chi connectivity index (χ1v) is 8.60. The van der Waals surface area contributed by atoms with Gasteiger partial charge in [-0.1, -0.05) is 44.8 Å². The van der Waals surface area contributed by atoms with E-state index in [0.29, 0.717) is 4.99 Å². The van der Waals surface area contributed by atoms with E-state index >= 15 is 0 Å². The average Bonchev–Trinajstić information content (AvgIpc) is 2.81. The normalized spacial score (nSPS) is 26.2. The largest absolute Gasteiger partial charge is 0.392 e. The van der Waals surface area contributed by atoms with E-state index in [2.05, 4.69) is 11.8 Å². The van der Waals surface area contributed by atoms with Crippen LogP contribution < -0.4 is 5.73 Å². The second kappa shape index (κ2) is 6.88. The quantitative estimate of drug-likeness (QED) is 0.810. The third-order valence-electron chi connectivity index (χ3n) is 5.17. The van der Waals surface area contributed by atoms with Crippen molar-refractivity contribution in [2.75, 3.05) is 13.1 Å². The number of nitrogens with two attached hydrogens (primary N) is 1. The molecule has 0 bridgehead atoms.